The summed E-state index contributed by atoms with van der Waals surface area (Å²) in [5, 5.41) is 0.593. The van der Waals surface area contributed by atoms with Gasteiger partial charge in [0.05, 0.1) is 11.1 Å². The Morgan fingerprint density at radius 1 is 1.21 bits per heavy atom. The molecule has 0 radical (unpaired) electrons. The molecule has 0 fully saturated rings. The second-order valence-electron chi connectivity index (χ2n) is 4.37. The van der Waals surface area contributed by atoms with Gasteiger partial charge in [-0.2, -0.15) is 4.98 Å². The fourth-order valence-electron chi connectivity index (χ4n) is 2.38. The van der Waals surface area contributed by atoms with Gasteiger partial charge >= 0.3 is 0 Å². The number of hydrogen-bond donors (Lipinski definition) is 3. The van der Waals surface area contributed by atoms with E-state index in [0.29, 0.717) is 11.0 Å². The molecule has 0 unspecified atom stereocenters. The number of nitrogen functional groups attached to an aromatic ring is 1. The monoisotopic (exact) mass is 254 g/mol. The molecule has 3 rings (SSSR count). The molecule has 0 bridgehead atoms. The van der Waals surface area contributed by atoms with Crippen LogP contribution in [0, 0.1) is 0 Å². The van der Waals surface area contributed by atoms with Gasteiger partial charge in [0, 0.05) is 0 Å². The number of anilines is 1. The Balaban J connectivity index is 2.38. The first kappa shape index (κ1) is 11.5. The number of aryl methyl sites for hydroxylation is 1. The maximum atomic E-state index is 12.0. The number of nitrogens with two attached hydrogens (primary N) is 1. The molecule has 0 saturated carbocycles. The first-order valence-corrected chi connectivity index (χ1v) is 6.16. The van der Waals surface area contributed by atoms with Crippen molar-refractivity contribution in [3.63, 3.8) is 0 Å². The van der Waals surface area contributed by atoms with Gasteiger partial charge < -0.3 is 10.7 Å². The third kappa shape index (κ3) is 1.79. The van der Waals surface area contributed by atoms with Crippen LogP contribution in [0.25, 0.3) is 22.3 Å². The molecule has 1 aromatic carbocycles. The van der Waals surface area contributed by atoms with Crippen LogP contribution >= 0.6 is 0 Å². The SMILES string of the molecule is CCc1c(-c2ccccc2)[nH]c2nc(N)[nH]c(=O)c12. The first-order chi connectivity index (χ1) is 9.20. The molecule has 2 aromatic heterocycles. The second kappa shape index (κ2) is 4.28. The Morgan fingerprint density at radius 3 is 2.63 bits per heavy atom. The van der Waals surface area contributed by atoms with Gasteiger partial charge in [-0.05, 0) is 17.5 Å². The highest BCUT2D eigenvalue weighted by Crippen LogP contribution is 2.27. The highest BCUT2D eigenvalue weighted by atomic mass is 16.1. The minimum absolute atomic E-state index is 0.126. The van der Waals surface area contributed by atoms with Crippen molar-refractivity contribution in [3.05, 3.63) is 46.2 Å². The number of aromatic nitrogens is 3. The molecule has 0 atom stereocenters. The highest BCUT2D eigenvalue weighted by molar-refractivity contribution is 5.88. The fraction of sp³-hybridized carbons (Fsp3) is 0.143. The lowest BCUT2D eigenvalue weighted by Gasteiger charge is -2.01. The molecule has 0 amide bonds. The van der Waals surface area contributed by atoms with Crippen LogP contribution in [0.15, 0.2) is 35.1 Å². The van der Waals surface area contributed by atoms with E-state index in [9.17, 15) is 4.79 Å². The van der Waals surface area contributed by atoms with E-state index in [2.05, 4.69) is 15.0 Å². The fourth-order valence-corrected chi connectivity index (χ4v) is 2.38. The van der Waals surface area contributed by atoms with Gasteiger partial charge in [0.2, 0.25) is 5.95 Å². The number of fused-ring (bicyclic) bond motifs is 1. The van der Waals surface area contributed by atoms with Gasteiger partial charge in [-0.15, -0.1) is 0 Å². The second-order valence-corrected chi connectivity index (χ2v) is 4.37. The van der Waals surface area contributed by atoms with Gasteiger partial charge in [-0.25, -0.2) is 0 Å². The zero-order chi connectivity index (χ0) is 13.4. The van der Waals surface area contributed by atoms with Crippen molar-refractivity contribution < 1.29 is 0 Å². The maximum absolute atomic E-state index is 12.0. The van der Waals surface area contributed by atoms with E-state index in [1.165, 1.54) is 0 Å². The van der Waals surface area contributed by atoms with Crippen molar-refractivity contribution >= 4 is 17.0 Å². The van der Waals surface area contributed by atoms with E-state index in [0.717, 1.165) is 23.2 Å². The summed E-state index contributed by atoms with van der Waals surface area (Å²) in [7, 11) is 0. The summed E-state index contributed by atoms with van der Waals surface area (Å²) in [6, 6.07) is 9.89. The Labute approximate surface area is 109 Å². The van der Waals surface area contributed by atoms with Crippen molar-refractivity contribution in [2.24, 2.45) is 0 Å². The average molecular weight is 254 g/mol. The lowest BCUT2D eigenvalue weighted by atomic mass is 10.0. The van der Waals surface area contributed by atoms with E-state index in [4.69, 9.17) is 5.73 Å². The summed E-state index contributed by atoms with van der Waals surface area (Å²) in [5.74, 6) is 0.126. The smallest absolute Gasteiger partial charge is 0.262 e. The largest absolute Gasteiger partial charge is 0.369 e. The molecule has 5 nitrogen and oxygen atoms in total. The molecule has 0 aliphatic carbocycles. The van der Waals surface area contributed by atoms with Crippen molar-refractivity contribution in [1.82, 2.24) is 15.0 Å². The molecule has 0 aliphatic rings. The van der Waals surface area contributed by atoms with Crippen molar-refractivity contribution in [2.45, 2.75) is 13.3 Å². The van der Waals surface area contributed by atoms with Gasteiger partial charge in [0.1, 0.15) is 5.65 Å². The summed E-state index contributed by atoms with van der Waals surface area (Å²) in [5.41, 5.74) is 8.86. The van der Waals surface area contributed by atoms with E-state index in [1.807, 2.05) is 37.3 Å². The molecule has 5 heteroatoms. The topological polar surface area (TPSA) is 87.6 Å². The quantitative estimate of drug-likeness (QED) is 0.654. The molecule has 0 spiro atoms. The zero-order valence-corrected chi connectivity index (χ0v) is 10.5. The van der Waals surface area contributed by atoms with E-state index < -0.39 is 0 Å². The highest BCUT2D eigenvalue weighted by Gasteiger charge is 2.15. The van der Waals surface area contributed by atoms with Crippen LogP contribution in [0.2, 0.25) is 0 Å². The van der Waals surface area contributed by atoms with Crippen molar-refractivity contribution in [2.75, 3.05) is 5.73 Å². The van der Waals surface area contributed by atoms with Crippen LogP contribution in [0.1, 0.15) is 12.5 Å². The minimum Gasteiger partial charge on any atom is -0.369 e. The predicted molar refractivity (Wildman–Crippen MR) is 75.9 cm³/mol. The number of H-pyrrole nitrogens is 2. The lowest BCUT2D eigenvalue weighted by molar-refractivity contribution is 1.14. The third-order valence-corrected chi connectivity index (χ3v) is 3.20. The summed E-state index contributed by atoms with van der Waals surface area (Å²) in [6.07, 6.45) is 0.749. The number of nitrogens with one attached hydrogen (secondary N) is 2. The summed E-state index contributed by atoms with van der Waals surface area (Å²) >= 11 is 0. The molecule has 0 saturated heterocycles. The van der Waals surface area contributed by atoms with Gasteiger partial charge in [0.15, 0.2) is 0 Å². The summed E-state index contributed by atoms with van der Waals surface area (Å²) in [6.45, 7) is 2.02. The first-order valence-electron chi connectivity index (χ1n) is 6.16. The van der Waals surface area contributed by atoms with Crippen LogP contribution in [-0.2, 0) is 6.42 Å². The molecule has 0 aliphatic heterocycles. The van der Waals surface area contributed by atoms with Gasteiger partial charge in [0.25, 0.3) is 5.56 Å². The minimum atomic E-state index is -0.196. The van der Waals surface area contributed by atoms with Crippen molar-refractivity contribution in [1.29, 1.82) is 0 Å². The van der Waals surface area contributed by atoms with Crippen LogP contribution in [0.3, 0.4) is 0 Å². The number of hydrogen-bond acceptors (Lipinski definition) is 3. The Hall–Kier alpha value is -2.56. The predicted octanol–water partition coefficient (Wildman–Crippen LogP) is 2.06. The molecule has 96 valence electrons. The van der Waals surface area contributed by atoms with Crippen LogP contribution in [0.5, 0.6) is 0 Å². The van der Waals surface area contributed by atoms with Crippen LogP contribution < -0.4 is 11.3 Å². The van der Waals surface area contributed by atoms with Gasteiger partial charge in [-0.1, -0.05) is 37.3 Å². The summed E-state index contributed by atoms with van der Waals surface area (Å²) in [4.78, 5) is 21.9. The van der Waals surface area contributed by atoms with Crippen LogP contribution in [0.4, 0.5) is 5.95 Å². The zero-order valence-electron chi connectivity index (χ0n) is 10.5. The molecule has 4 N–H and O–H groups in total. The van der Waals surface area contributed by atoms with Crippen molar-refractivity contribution in [3.8, 4) is 11.3 Å². The summed E-state index contributed by atoms with van der Waals surface area (Å²) < 4.78 is 0. The molecular weight excluding hydrogens is 240 g/mol. The molecule has 19 heavy (non-hydrogen) atoms. The normalized spacial score (nSPS) is 11.0. The maximum Gasteiger partial charge on any atom is 0.262 e. The third-order valence-electron chi connectivity index (χ3n) is 3.20. The number of rotatable bonds is 2. The van der Waals surface area contributed by atoms with Gasteiger partial charge in [-0.3, -0.25) is 9.78 Å². The Kier molecular flexibility index (Phi) is 2.59. The van der Waals surface area contributed by atoms with Crippen LogP contribution in [-0.4, -0.2) is 15.0 Å². The molecular formula is C14H14N4O. The Bertz CT molecular complexity index is 786. The average Bonchev–Trinajstić information content (AvgIpc) is 2.78. The number of benzene rings is 1. The number of aromatic amines is 2. The van der Waals surface area contributed by atoms with E-state index in [-0.39, 0.29) is 11.5 Å². The Morgan fingerprint density at radius 2 is 1.95 bits per heavy atom. The van der Waals surface area contributed by atoms with E-state index >= 15 is 0 Å². The number of nitrogens with zero attached hydrogens (tertiary/aromatic N) is 1. The standard InChI is InChI=1S/C14H14N4O/c1-2-9-10-12(17-14(15)18-13(10)19)16-11(9)8-6-4-3-5-7-8/h3-7H,2H2,1H3,(H4,15,16,17,18,19). The van der Waals surface area contributed by atoms with E-state index in [1.54, 1.807) is 0 Å². The molecule has 2 heterocycles. The molecule has 3 aromatic rings. The lowest BCUT2D eigenvalue weighted by Crippen LogP contribution is -2.11.